The van der Waals surface area contributed by atoms with E-state index in [2.05, 4.69) is 16.7 Å². The largest absolute Gasteiger partial charge is 0.445 e. The quantitative estimate of drug-likeness (QED) is 0.787. The fourth-order valence-electron chi connectivity index (χ4n) is 3.76. The summed E-state index contributed by atoms with van der Waals surface area (Å²) in [5.41, 5.74) is 3.19. The van der Waals surface area contributed by atoms with Crippen LogP contribution < -0.4 is 0 Å². The van der Waals surface area contributed by atoms with Gasteiger partial charge in [0.15, 0.2) is 5.89 Å². The van der Waals surface area contributed by atoms with Crippen molar-refractivity contribution < 1.29 is 13.9 Å². The lowest BCUT2D eigenvalue weighted by molar-refractivity contribution is 0.0726. The molecule has 1 amide bonds. The summed E-state index contributed by atoms with van der Waals surface area (Å²) in [6.45, 7) is 10.7. The molecule has 0 spiro atoms. The number of aryl methyl sites for hydroxylation is 1. The first-order valence-corrected chi connectivity index (χ1v) is 9.09. The van der Waals surface area contributed by atoms with Gasteiger partial charge in [-0.3, -0.25) is 9.48 Å². The number of ether oxygens (including phenoxy) is 1. The van der Waals surface area contributed by atoms with Gasteiger partial charge >= 0.3 is 0 Å². The maximum absolute atomic E-state index is 13.1. The van der Waals surface area contributed by atoms with Gasteiger partial charge in [-0.2, -0.15) is 5.10 Å². The minimum absolute atomic E-state index is 0.00899. The van der Waals surface area contributed by atoms with Crippen molar-refractivity contribution in [2.45, 2.75) is 45.7 Å². The van der Waals surface area contributed by atoms with Crippen molar-refractivity contribution >= 4 is 5.91 Å². The number of aromatic nitrogens is 3. The van der Waals surface area contributed by atoms with Crippen LogP contribution in [-0.2, 0) is 24.2 Å². The van der Waals surface area contributed by atoms with Crippen molar-refractivity contribution in [3.05, 3.63) is 47.0 Å². The molecule has 2 aliphatic rings. The van der Waals surface area contributed by atoms with Crippen LogP contribution in [0.5, 0.6) is 0 Å². The highest BCUT2D eigenvalue weighted by atomic mass is 16.5. The van der Waals surface area contributed by atoms with E-state index in [0.717, 1.165) is 41.8 Å². The fourth-order valence-corrected chi connectivity index (χ4v) is 3.76. The molecule has 4 rings (SSSR count). The minimum Gasteiger partial charge on any atom is -0.445 e. The van der Waals surface area contributed by atoms with Crippen LogP contribution >= 0.6 is 0 Å². The Bertz CT molecular complexity index is 845. The average Bonchev–Trinajstić information content (AvgIpc) is 3.34. The van der Waals surface area contributed by atoms with Crippen LogP contribution in [0, 0.1) is 13.8 Å². The number of allylic oxidation sites excluding steroid dienone is 1. The molecule has 7 heteroatoms. The summed E-state index contributed by atoms with van der Waals surface area (Å²) in [6, 6.07) is 0. The van der Waals surface area contributed by atoms with Crippen LogP contribution in [0.3, 0.4) is 0 Å². The molecule has 7 nitrogen and oxygen atoms in total. The van der Waals surface area contributed by atoms with E-state index in [1.54, 1.807) is 6.08 Å². The highest BCUT2D eigenvalue weighted by molar-refractivity contribution is 5.96. The van der Waals surface area contributed by atoms with Crippen molar-refractivity contribution in [3.8, 4) is 0 Å². The molecule has 1 atom stereocenters. The van der Waals surface area contributed by atoms with Crippen LogP contribution in [0.1, 0.15) is 51.4 Å². The second-order valence-corrected chi connectivity index (χ2v) is 6.98. The van der Waals surface area contributed by atoms with Gasteiger partial charge in [-0.05, 0) is 20.3 Å². The zero-order chi connectivity index (χ0) is 18.3. The topological polar surface area (TPSA) is 73.4 Å². The molecule has 2 aliphatic heterocycles. The number of amides is 1. The minimum atomic E-state index is 0.00899. The van der Waals surface area contributed by atoms with Gasteiger partial charge in [-0.25, -0.2) is 4.98 Å². The third-order valence-corrected chi connectivity index (χ3v) is 5.21. The number of fused-ring (bicyclic) bond motifs is 1. The normalized spacial score (nSPS) is 19.6. The maximum Gasteiger partial charge on any atom is 0.257 e. The summed E-state index contributed by atoms with van der Waals surface area (Å²) in [5.74, 6) is 1.92. The molecule has 0 N–H and O–H groups in total. The zero-order valence-corrected chi connectivity index (χ0v) is 15.3. The van der Waals surface area contributed by atoms with Crippen LogP contribution in [0.15, 0.2) is 17.1 Å². The van der Waals surface area contributed by atoms with Crippen molar-refractivity contribution in [1.82, 2.24) is 19.7 Å². The van der Waals surface area contributed by atoms with Crippen LogP contribution in [0.2, 0.25) is 0 Å². The highest BCUT2D eigenvalue weighted by Crippen LogP contribution is 2.29. The molecule has 138 valence electrons. The summed E-state index contributed by atoms with van der Waals surface area (Å²) in [7, 11) is 0. The second-order valence-electron chi connectivity index (χ2n) is 6.98. The molecule has 1 fully saturated rings. The SMILES string of the molecule is C=CCn1nc(C)c(C(=O)N2CCc3oc(C4CCOC4)nc3C2)c1C. The maximum atomic E-state index is 13.1. The van der Waals surface area contributed by atoms with Crippen molar-refractivity contribution in [2.24, 2.45) is 0 Å². The summed E-state index contributed by atoms with van der Waals surface area (Å²) in [6.07, 6.45) is 3.42. The number of oxazole rings is 1. The lowest BCUT2D eigenvalue weighted by atomic mass is 10.1. The first-order chi connectivity index (χ1) is 12.6. The Hall–Kier alpha value is -2.41. The lowest BCUT2D eigenvalue weighted by Gasteiger charge is -2.25. The molecule has 2 aromatic rings. The van der Waals surface area contributed by atoms with Crippen molar-refractivity contribution in [2.75, 3.05) is 19.8 Å². The molecule has 0 saturated carbocycles. The van der Waals surface area contributed by atoms with Gasteiger partial charge < -0.3 is 14.1 Å². The first kappa shape index (κ1) is 17.0. The smallest absolute Gasteiger partial charge is 0.257 e. The predicted molar refractivity (Wildman–Crippen MR) is 95.0 cm³/mol. The zero-order valence-electron chi connectivity index (χ0n) is 15.3. The Morgan fingerprint density at radius 3 is 3.00 bits per heavy atom. The third kappa shape index (κ3) is 2.86. The van der Waals surface area contributed by atoms with E-state index >= 15 is 0 Å². The third-order valence-electron chi connectivity index (χ3n) is 5.21. The Kier molecular flexibility index (Phi) is 4.40. The Morgan fingerprint density at radius 1 is 1.42 bits per heavy atom. The monoisotopic (exact) mass is 356 g/mol. The average molecular weight is 356 g/mol. The Balaban J connectivity index is 1.55. The van der Waals surface area contributed by atoms with E-state index in [4.69, 9.17) is 9.15 Å². The van der Waals surface area contributed by atoms with Gasteiger partial charge in [-0.1, -0.05) is 6.08 Å². The van der Waals surface area contributed by atoms with Gasteiger partial charge in [0.05, 0.1) is 36.9 Å². The molecular weight excluding hydrogens is 332 g/mol. The summed E-state index contributed by atoms with van der Waals surface area (Å²) < 4.78 is 13.2. The molecule has 0 bridgehead atoms. The predicted octanol–water partition coefficient (Wildman–Crippen LogP) is 2.38. The van der Waals surface area contributed by atoms with E-state index in [-0.39, 0.29) is 11.8 Å². The van der Waals surface area contributed by atoms with Crippen LogP contribution in [0.4, 0.5) is 0 Å². The number of carbonyl (C=O) groups is 1. The summed E-state index contributed by atoms with van der Waals surface area (Å²) in [5, 5.41) is 4.47. The second kappa shape index (κ2) is 6.72. The highest BCUT2D eigenvalue weighted by Gasteiger charge is 2.31. The molecule has 0 radical (unpaired) electrons. The summed E-state index contributed by atoms with van der Waals surface area (Å²) >= 11 is 0. The number of nitrogens with zero attached hydrogens (tertiary/aromatic N) is 4. The van der Waals surface area contributed by atoms with Crippen molar-refractivity contribution in [3.63, 3.8) is 0 Å². The number of rotatable bonds is 4. The number of carbonyl (C=O) groups excluding carboxylic acids is 1. The molecule has 0 aromatic carbocycles. The van der Waals surface area contributed by atoms with E-state index in [1.807, 2.05) is 23.4 Å². The molecular formula is C19H24N4O3. The standard InChI is InChI=1S/C19H24N4O3/c1-4-7-23-13(3)17(12(2)21-23)19(24)22-8-5-16-15(10-22)20-18(26-16)14-6-9-25-11-14/h4,14H,1,5-11H2,2-3H3. The van der Waals surface area contributed by atoms with E-state index in [1.165, 1.54) is 0 Å². The van der Waals surface area contributed by atoms with Gasteiger partial charge in [0.2, 0.25) is 0 Å². The molecule has 1 saturated heterocycles. The first-order valence-electron chi connectivity index (χ1n) is 9.09. The van der Waals surface area contributed by atoms with E-state index in [9.17, 15) is 4.79 Å². The molecule has 2 aromatic heterocycles. The number of hydrogen-bond acceptors (Lipinski definition) is 5. The molecule has 0 aliphatic carbocycles. The summed E-state index contributed by atoms with van der Waals surface area (Å²) in [4.78, 5) is 19.6. The van der Waals surface area contributed by atoms with E-state index in [0.29, 0.717) is 38.2 Å². The molecule has 26 heavy (non-hydrogen) atoms. The Labute approximate surface area is 152 Å². The fraction of sp³-hybridized carbons (Fsp3) is 0.526. The van der Waals surface area contributed by atoms with Gasteiger partial charge in [0.25, 0.3) is 5.91 Å². The van der Waals surface area contributed by atoms with Gasteiger partial charge in [-0.15, -0.1) is 6.58 Å². The lowest BCUT2D eigenvalue weighted by Crippen LogP contribution is -2.36. The van der Waals surface area contributed by atoms with E-state index < -0.39 is 0 Å². The van der Waals surface area contributed by atoms with Crippen LogP contribution in [0.25, 0.3) is 0 Å². The number of hydrogen-bond donors (Lipinski definition) is 0. The van der Waals surface area contributed by atoms with Crippen molar-refractivity contribution in [1.29, 1.82) is 0 Å². The van der Waals surface area contributed by atoms with Gasteiger partial charge in [0, 0.05) is 25.3 Å². The molecule has 1 unspecified atom stereocenters. The Morgan fingerprint density at radius 2 is 2.27 bits per heavy atom. The molecule has 4 heterocycles. The van der Waals surface area contributed by atoms with Gasteiger partial charge in [0.1, 0.15) is 11.5 Å². The van der Waals surface area contributed by atoms with Crippen LogP contribution in [-0.4, -0.2) is 45.3 Å².